The molecule has 3 heterocycles. The van der Waals surface area contributed by atoms with Crippen LogP contribution in [-0.2, 0) is 4.79 Å². The van der Waals surface area contributed by atoms with E-state index in [0.29, 0.717) is 47.9 Å². The lowest BCUT2D eigenvalue weighted by Crippen LogP contribution is -2.47. The van der Waals surface area contributed by atoms with Crippen LogP contribution in [-0.4, -0.2) is 38.5 Å². The predicted molar refractivity (Wildman–Crippen MR) is 142 cm³/mol. The molecule has 35 heavy (non-hydrogen) atoms. The Hall–Kier alpha value is -3.45. The van der Waals surface area contributed by atoms with Crippen LogP contribution in [0.1, 0.15) is 40.0 Å². The molecule has 0 atom stereocenters. The van der Waals surface area contributed by atoms with Crippen molar-refractivity contribution in [3.8, 4) is 17.1 Å². The number of fused-ring (bicyclic) bond motifs is 1. The SMILES string of the molecule is CC.CCC1(C(N)=O)CCN(c2ncnc3c2nc(-c2ccccc2Cl)n3-c2ccccc2)CC1. The van der Waals surface area contributed by atoms with E-state index in [9.17, 15) is 4.79 Å². The minimum atomic E-state index is -0.450. The Balaban J connectivity index is 0.00000141. The van der Waals surface area contributed by atoms with Crippen LogP contribution in [0.4, 0.5) is 5.82 Å². The zero-order chi connectivity index (χ0) is 25.0. The second kappa shape index (κ2) is 10.4. The standard InChI is InChI=1S/C25H25ClN6O.C2H6/c1-2-25(24(27)33)12-14-31(15-13-25)22-20-23(29-16-28-22)32(17-8-4-3-5-9-17)21(30-20)18-10-6-7-11-19(18)26;1-2/h3-11,16H,2,12-15H2,1H3,(H2,27,33);1-2H3. The van der Waals surface area contributed by atoms with Gasteiger partial charge in [0, 0.05) is 24.3 Å². The Kier molecular flexibility index (Phi) is 7.36. The number of amides is 1. The molecular formula is C27H31ClN6O. The smallest absolute Gasteiger partial charge is 0.223 e. The number of aromatic nitrogens is 4. The zero-order valence-electron chi connectivity index (χ0n) is 20.4. The average molecular weight is 491 g/mol. The van der Waals surface area contributed by atoms with Crippen molar-refractivity contribution in [1.29, 1.82) is 0 Å². The minimum absolute atomic E-state index is 0.216. The van der Waals surface area contributed by atoms with Gasteiger partial charge in [-0.1, -0.05) is 62.7 Å². The number of piperidine rings is 1. The van der Waals surface area contributed by atoms with E-state index in [4.69, 9.17) is 22.3 Å². The van der Waals surface area contributed by atoms with E-state index in [-0.39, 0.29) is 5.91 Å². The molecule has 2 aromatic heterocycles. The normalized spacial score (nSPS) is 14.9. The molecule has 0 unspecified atom stereocenters. The van der Waals surface area contributed by atoms with Crippen molar-refractivity contribution in [2.24, 2.45) is 11.1 Å². The first-order valence-corrected chi connectivity index (χ1v) is 12.5. The topological polar surface area (TPSA) is 89.9 Å². The number of hydrogen-bond acceptors (Lipinski definition) is 5. The molecule has 1 aliphatic rings. The van der Waals surface area contributed by atoms with Gasteiger partial charge in [0.25, 0.3) is 0 Å². The number of rotatable bonds is 5. The number of benzene rings is 2. The lowest BCUT2D eigenvalue weighted by molar-refractivity contribution is -0.129. The van der Waals surface area contributed by atoms with Crippen LogP contribution in [0.15, 0.2) is 60.9 Å². The molecule has 182 valence electrons. The van der Waals surface area contributed by atoms with E-state index < -0.39 is 5.41 Å². The number of primary amides is 1. The summed E-state index contributed by atoms with van der Waals surface area (Å²) < 4.78 is 2.02. The Morgan fingerprint density at radius 2 is 1.69 bits per heavy atom. The molecule has 1 amide bonds. The Morgan fingerprint density at radius 1 is 1.03 bits per heavy atom. The summed E-state index contributed by atoms with van der Waals surface area (Å²) >= 11 is 6.57. The summed E-state index contributed by atoms with van der Waals surface area (Å²) in [6.07, 6.45) is 3.71. The first kappa shape index (κ1) is 24.7. The van der Waals surface area contributed by atoms with E-state index in [1.165, 1.54) is 0 Å². The maximum absolute atomic E-state index is 12.1. The number of carbonyl (C=O) groups is 1. The average Bonchev–Trinajstić information content (AvgIpc) is 3.30. The second-order valence-corrected chi connectivity index (χ2v) is 8.85. The Labute approximate surface area is 211 Å². The van der Waals surface area contributed by atoms with E-state index in [0.717, 1.165) is 23.5 Å². The number of para-hydroxylation sites is 1. The van der Waals surface area contributed by atoms with Crippen LogP contribution in [0, 0.1) is 5.41 Å². The van der Waals surface area contributed by atoms with E-state index >= 15 is 0 Å². The molecule has 0 aliphatic carbocycles. The number of carbonyl (C=O) groups excluding carboxylic acids is 1. The fourth-order valence-electron chi connectivity index (χ4n) is 4.68. The van der Waals surface area contributed by atoms with Crippen LogP contribution in [0.2, 0.25) is 5.02 Å². The van der Waals surface area contributed by atoms with Crippen molar-refractivity contribution < 1.29 is 4.79 Å². The van der Waals surface area contributed by atoms with Gasteiger partial charge >= 0.3 is 0 Å². The molecule has 0 saturated carbocycles. The monoisotopic (exact) mass is 490 g/mol. The van der Waals surface area contributed by atoms with Crippen molar-refractivity contribution >= 4 is 34.5 Å². The van der Waals surface area contributed by atoms with Crippen molar-refractivity contribution in [2.45, 2.75) is 40.0 Å². The number of imidazole rings is 1. The largest absolute Gasteiger partial charge is 0.369 e. The number of nitrogens with two attached hydrogens (primary N) is 1. The summed E-state index contributed by atoms with van der Waals surface area (Å²) in [5, 5.41) is 0.617. The molecule has 1 saturated heterocycles. The molecule has 5 rings (SSSR count). The van der Waals surface area contributed by atoms with Crippen LogP contribution in [0.5, 0.6) is 0 Å². The summed E-state index contributed by atoms with van der Waals surface area (Å²) in [5.41, 5.74) is 8.48. The first-order chi connectivity index (χ1) is 17.0. The molecular weight excluding hydrogens is 460 g/mol. The molecule has 2 N–H and O–H groups in total. The quantitative estimate of drug-likeness (QED) is 0.390. The zero-order valence-corrected chi connectivity index (χ0v) is 21.2. The van der Waals surface area contributed by atoms with Gasteiger partial charge in [0.2, 0.25) is 5.91 Å². The molecule has 0 spiro atoms. The number of hydrogen-bond donors (Lipinski definition) is 1. The molecule has 0 radical (unpaired) electrons. The van der Waals surface area contributed by atoms with Gasteiger partial charge in [-0.25, -0.2) is 15.0 Å². The maximum atomic E-state index is 12.1. The minimum Gasteiger partial charge on any atom is -0.369 e. The van der Waals surface area contributed by atoms with Gasteiger partial charge in [-0.2, -0.15) is 0 Å². The highest BCUT2D eigenvalue weighted by Crippen LogP contribution is 2.38. The maximum Gasteiger partial charge on any atom is 0.223 e. The van der Waals surface area contributed by atoms with Crippen LogP contribution < -0.4 is 10.6 Å². The third kappa shape index (κ3) is 4.48. The summed E-state index contributed by atoms with van der Waals surface area (Å²) in [6, 6.07) is 17.7. The number of halogens is 1. The highest BCUT2D eigenvalue weighted by molar-refractivity contribution is 6.33. The third-order valence-electron chi connectivity index (χ3n) is 6.77. The van der Waals surface area contributed by atoms with Gasteiger partial charge in [-0.3, -0.25) is 9.36 Å². The predicted octanol–water partition coefficient (Wildman–Crippen LogP) is 5.64. The summed E-state index contributed by atoms with van der Waals surface area (Å²) in [4.78, 5) is 28.5. The summed E-state index contributed by atoms with van der Waals surface area (Å²) in [7, 11) is 0. The highest BCUT2D eigenvalue weighted by atomic mass is 35.5. The Bertz CT molecular complexity index is 1310. The molecule has 2 aromatic carbocycles. The summed E-state index contributed by atoms with van der Waals surface area (Å²) in [5.74, 6) is 1.25. The molecule has 7 nitrogen and oxygen atoms in total. The van der Waals surface area contributed by atoms with E-state index in [1.807, 2.05) is 79.9 Å². The van der Waals surface area contributed by atoms with Crippen LogP contribution in [0.25, 0.3) is 28.2 Å². The lowest BCUT2D eigenvalue weighted by Gasteiger charge is -2.39. The summed E-state index contributed by atoms with van der Waals surface area (Å²) in [6.45, 7) is 7.39. The Morgan fingerprint density at radius 3 is 2.31 bits per heavy atom. The fraction of sp³-hybridized carbons (Fsp3) is 0.333. The number of nitrogens with zero attached hydrogens (tertiary/aromatic N) is 5. The lowest BCUT2D eigenvalue weighted by atomic mass is 9.75. The van der Waals surface area contributed by atoms with Gasteiger partial charge < -0.3 is 10.6 Å². The van der Waals surface area contributed by atoms with E-state index in [1.54, 1.807) is 6.33 Å². The van der Waals surface area contributed by atoms with Crippen molar-refractivity contribution in [3.63, 3.8) is 0 Å². The molecule has 0 bridgehead atoms. The second-order valence-electron chi connectivity index (χ2n) is 8.44. The van der Waals surface area contributed by atoms with Gasteiger partial charge in [-0.15, -0.1) is 0 Å². The van der Waals surface area contributed by atoms with Crippen molar-refractivity contribution in [2.75, 3.05) is 18.0 Å². The third-order valence-corrected chi connectivity index (χ3v) is 7.10. The van der Waals surface area contributed by atoms with Crippen LogP contribution in [0.3, 0.4) is 0 Å². The molecule has 1 fully saturated rings. The fourth-order valence-corrected chi connectivity index (χ4v) is 4.90. The van der Waals surface area contributed by atoms with Gasteiger partial charge in [0.1, 0.15) is 12.2 Å². The van der Waals surface area contributed by atoms with Gasteiger partial charge in [-0.05, 0) is 43.5 Å². The van der Waals surface area contributed by atoms with Crippen LogP contribution >= 0.6 is 11.6 Å². The highest BCUT2D eigenvalue weighted by Gasteiger charge is 2.39. The number of anilines is 1. The van der Waals surface area contributed by atoms with E-state index in [2.05, 4.69) is 14.9 Å². The van der Waals surface area contributed by atoms with Gasteiger partial charge in [0.15, 0.2) is 17.0 Å². The molecule has 4 aromatic rings. The van der Waals surface area contributed by atoms with Gasteiger partial charge in [0.05, 0.1) is 10.4 Å². The first-order valence-electron chi connectivity index (χ1n) is 12.1. The van der Waals surface area contributed by atoms with Crippen molar-refractivity contribution in [1.82, 2.24) is 19.5 Å². The molecule has 1 aliphatic heterocycles. The van der Waals surface area contributed by atoms with Crippen molar-refractivity contribution in [3.05, 3.63) is 65.9 Å². The molecule has 8 heteroatoms.